The molecule has 0 bridgehead atoms. The van der Waals surface area contributed by atoms with E-state index in [1.807, 2.05) is 19.9 Å². The highest BCUT2D eigenvalue weighted by molar-refractivity contribution is 7.14. The quantitative estimate of drug-likeness (QED) is 0.680. The van der Waals surface area contributed by atoms with Crippen LogP contribution in [0.2, 0.25) is 0 Å². The number of carbonyl (C=O) groups is 3. The van der Waals surface area contributed by atoms with E-state index in [1.165, 1.54) is 11.3 Å². The number of thiophene rings is 1. The van der Waals surface area contributed by atoms with Crippen molar-refractivity contribution in [1.29, 1.82) is 0 Å². The minimum Gasteiger partial charge on any atom is -0.323 e. The number of Topliss-reactive ketones (excluding diaryl/α,β-unsaturated/α-hetero) is 1. The molecular weight excluding hydrogens is 312 g/mol. The smallest absolute Gasteiger partial charge is 0.323 e. The SMILES string of the molecule is CCc1ccc(C(=O)CN2C(=O)NC3(CCCCC3C)C2=O)s1. The van der Waals surface area contributed by atoms with Gasteiger partial charge < -0.3 is 5.32 Å². The third kappa shape index (κ3) is 2.69. The molecule has 2 atom stereocenters. The molecule has 6 heteroatoms. The average molecular weight is 334 g/mol. The Morgan fingerprint density at radius 2 is 2.17 bits per heavy atom. The first-order valence-electron chi connectivity index (χ1n) is 8.24. The van der Waals surface area contributed by atoms with E-state index in [0.29, 0.717) is 11.3 Å². The Hall–Kier alpha value is -1.69. The van der Waals surface area contributed by atoms with Crippen LogP contribution in [0, 0.1) is 5.92 Å². The molecule has 3 amide bonds. The molecule has 0 aromatic carbocycles. The lowest BCUT2D eigenvalue weighted by Crippen LogP contribution is -2.54. The molecular formula is C17H22N2O3S. The van der Waals surface area contributed by atoms with E-state index in [0.717, 1.165) is 35.5 Å². The third-order valence-electron chi connectivity index (χ3n) is 5.09. The molecule has 23 heavy (non-hydrogen) atoms. The molecule has 124 valence electrons. The highest BCUT2D eigenvalue weighted by Crippen LogP contribution is 2.38. The van der Waals surface area contributed by atoms with Gasteiger partial charge in [0.05, 0.1) is 11.4 Å². The Kier molecular flexibility index (Phi) is 4.27. The minimum atomic E-state index is -0.792. The van der Waals surface area contributed by atoms with Crippen molar-refractivity contribution in [3.05, 3.63) is 21.9 Å². The standard InChI is InChI=1S/C17H22N2O3S/c1-3-12-7-8-14(23-12)13(20)10-19-15(21)17(18-16(19)22)9-5-4-6-11(17)2/h7-8,11H,3-6,9-10H2,1-2H3,(H,18,22). The van der Waals surface area contributed by atoms with Gasteiger partial charge in [-0.15, -0.1) is 11.3 Å². The zero-order chi connectivity index (χ0) is 16.6. The third-order valence-corrected chi connectivity index (χ3v) is 6.36. The van der Waals surface area contributed by atoms with Crippen LogP contribution in [-0.4, -0.2) is 34.7 Å². The van der Waals surface area contributed by atoms with Gasteiger partial charge in [0.2, 0.25) is 0 Å². The summed E-state index contributed by atoms with van der Waals surface area (Å²) in [5.41, 5.74) is -0.792. The Balaban J connectivity index is 1.76. The zero-order valence-electron chi connectivity index (χ0n) is 13.6. The molecule has 1 aromatic heterocycles. The molecule has 1 aromatic rings. The molecule has 1 saturated carbocycles. The molecule has 1 saturated heterocycles. The molecule has 1 N–H and O–H groups in total. The van der Waals surface area contributed by atoms with Crippen LogP contribution >= 0.6 is 11.3 Å². The lowest BCUT2D eigenvalue weighted by Gasteiger charge is -2.36. The van der Waals surface area contributed by atoms with E-state index in [1.54, 1.807) is 6.07 Å². The van der Waals surface area contributed by atoms with Gasteiger partial charge in [-0.1, -0.05) is 26.7 Å². The highest BCUT2D eigenvalue weighted by atomic mass is 32.1. The predicted octanol–water partition coefficient (Wildman–Crippen LogP) is 2.99. The van der Waals surface area contributed by atoms with Crippen LogP contribution < -0.4 is 5.32 Å². The Morgan fingerprint density at radius 1 is 1.39 bits per heavy atom. The fraction of sp³-hybridized carbons (Fsp3) is 0.588. The molecule has 1 spiro atoms. The van der Waals surface area contributed by atoms with Crippen LogP contribution in [0.5, 0.6) is 0 Å². The van der Waals surface area contributed by atoms with Gasteiger partial charge in [0.15, 0.2) is 5.78 Å². The number of imide groups is 1. The number of urea groups is 1. The van der Waals surface area contributed by atoms with Gasteiger partial charge in [0, 0.05) is 4.88 Å². The molecule has 1 aliphatic carbocycles. The topological polar surface area (TPSA) is 66.5 Å². The van der Waals surface area contributed by atoms with Crippen molar-refractivity contribution in [2.24, 2.45) is 5.92 Å². The van der Waals surface area contributed by atoms with Gasteiger partial charge >= 0.3 is 6.03 Å². The number of amides is 3. The summed E-state index contributed by atoms with van der Waals surface area (Å²) < 4.78 is 0. The number of nitrogens with zero attached hydrogens (tertiary/aromatic N) is 1. The molecule has 0 radical (unpaired) electrons. The summed E-state index contributed by atoms with van der Waals surface area (Å²) in [4.78, 5) is 40.4. The predicted molar refractivity (Wildman–Crippen MR) is 88.6 cm³/mol. The second-order valence-corrected chi connectivity index (χ2v) is 7.65. The Morgan fingerprint density at radius 3 is 2.83 bits per heavy atom. The van der Waals surface area contributed by atoms with Crippen molar-refractivity contribution >= 4 is 29.1 Å². The second kappa shape index (κ2) is 6.07. The maximum Gasteiger partial charge on any atom is 0.325 e. The largest absolute Gasteiger partial charge is 0.325 e. The lowest BCUT2D eigenvalue weighted by molar-refractivity contribution is -0.133. The zero-order valence-corrected chi connectivity index (χ0v) is 14.4. The number of hydrogen-bond donors (Lipinski definition) is 1. The van der Waals surface area contributed by atoms with E-state index < -0.39 is 11.6 Å². The van der Waals surface area contributed by atoms with Gasteiger partial charge in [-0.2, -0.15) is 0 Å². The first-order valence-corrected chi connectivity index (χ1v) is 9.05. The first-order chi connectivity index (χ1) is 11.0. The summed E-state index contributed by atoms with van der Waals surface area (Å²) in [5.74, 6) is -0.282. The van der Waals surface area contributed by atoms with Gasteiger partial charge in [-0.05, 0) is 37.3 Å². The minimum absolute atomic E-state index is 0.112. The van der Waals surface area contributed by atoms with Crippen molar-refractivity contribution in [1.82, 2.24) is 10.2 Å². The molecule has 5 nitrogen and oxygen atoms in total. The van der Waals surface area contributed by atoms with Crippen molar-refractivity contribution in [2.75, 3.05) is 6.54 Å². The van der Waals surface area contributed by atoms with Crippen LogP contribution in [0.3, 0.4) is 0 Å². The average Bonchev–Trinajstić information content (AvgIpc) is 3.10. The lowest BCUT2D eigenvalue weighted by atomic mass is 9.73. The number of nitrogens with one attached hydrogen (secondary N) is 1. The van der Waals surface area contributed by atoms with Crippen molar-refractivity contribution in [3.63, 3.8) is 0 Å². The van der Waals surface area contributed by atoms with Crippen LogP contribution in [0.1, 0.15) is 54.1 Å². The number of aryl methyl sites for hydroxylation is 1. The van der Waals surface area contributed by atoms with Gasteiger partial charge in [-0.3, -0.25) is 14.5 Å². The normalized spacial score (nSPS) is 27.6. The summed E-state index contributed by atoms with van der Waals surface area (Å²) in [6.07, 6.45) is 4.49. The summed E-state index contributed by atoms with van der Waals surface area (Å²) in [6.45, 7) is 3.88. The molecule has 2 aliphatic rings. The van der Waals surface area contributed by atoms with Gasteiger partial charge in [0.1, 0.15) is 5.54 Å². The summed E-state index contributed by atoms with van der Waals surface area (Å²) in [6, 6.07) is 3.28. The molecule has 2 fully saturated rings. The molecule has 1 aliphatic heterocycles. The maximum absolute atomic E-state index is 12.8. The van der Waals surface area contributed by atoms with Gasteiger partial charge in [0.25, 0.3) is 5.91 Å². The summed E-state index contributed by atoms with van der Waals surface area (Å²) in [7, 11) is 0. The van der Waals surface area contributed by atoms with Crippen LogP contribution in [0.15, 0.2) is 12.1 Å². The van der Waals surface area contributed by atoms with E-state index in [9.17, 15) is 14.4 Å². The second-order valence-electron chi connectivity index (χ2n) is 6.48. The maximum atomic E-state index is 12.8. The van der Waals surface area contributed by atoms with Crippen molar-refractivity contribution in [2.45, 2.75) is 51.5 Å². The fourth-order valence-electron chi connectivity index (χ4n) is 3.58. The van der Waals surface area contributed by atoms with Crippen molar-refractivity contribution < 1.29 is 14.4 Å². The Bertz CT molecular complexity index is 654. The number of ketones is 1. The monoisotopic (exact) mass is 334 g/mol. The van der Waals surface area contributed by atoms with E-state index >= 15 is 0 Å². The van der Waals surface area contributed by atoms with Crippen LogP contribution in [0.4, 0.5) is 4.79 Å². The van der Waals surface area contributed by atoms with Crippen LogP contribution in [-0.2, 0) is 11.2 Å². The first kappa shape index (κ1) is 16.2. The number of carbonyl (C=O) groups excluding carboxylic acids is 3. The van der Waals surface area contributed by atoms with E-state index in [4.69, 9.17) is 0 Å². The fourth-order valence-corrected chi connectivity index (χ4v) is 4.46. The van der Waals surface area contributed by atoms with Crippen LogP contribution in [0.25, 0.3) is 0 Å². The Labute approximate surface area is 140 Å². The molecule has 2 heterocycles. The van der Waals surface area contributed by atoms with E-state index in [-0.39, 0.29) is 24.2 Å². The van der Waals surface area contributed by atoms with E-state index in [2.05, 4.69) is 5.32 Å². The summed E-state index contributed by atoms with van der Waals surface area (Å²) in [5, 5.41) is 2.88. The highest BCUT2D eigenvalue weighted by Gasteiger charge is 2.55. The molecule has 2 unspecified atom stereocenters. The number of hydrogen-bond acceptors (Lipinski definition) is 4. The molecule has 3 rings (SSSR count). The summed E-state index contributed by atoms with van der Waals surface area (Å²) >= 11 is 1.44. The van der Waals surface area contributed by atoms with Gasteiger partial charge in [-0.25, -0.2) is 4.79 Å². The number of rotatable bonds is 4. The van der Waals surface area contributed by atoms with Crippen molar-refractivity contribution in [3.8, 4) is 0 Å².